The summed E-state index contributed by atoms with van der Waals surface area (Å²) in [6.45, 7) is 0. The van der Waals surface area contributed by atoms with E-state index in [-0.39, 0.29) is 12.2 Å². The summed E-state index contributed by atoms with van der Waals surface area (Å²) < 4.78 is 1.28. The monoisotopic (exact) mass is 591 g/mol. The van der Waals surface area contributed by atoms with Crippen molar-refractivity contribution in [3.8, 4) is 5.75 Å². The first-order chi connectivity index (χ1) is 11.2. The average molecular weight is 592 g/mol. The first-order valence-corrected chi connectivity index (χ1v) is 9.73. The van der Waals surface area contributed by atoms with Crippen LogP contribution in [0, 0.1) is 7.14 Å². The van der Waals surface area contributed by atoms with Gasteiger partial charge in [-0.2, -0.15) is 0 Å². The van der Waals surface area contributed by atoms with Crippen LogP contribution in [-0.4, -0.2) is 22.2 Å². The highest BCUT2D eigenvalue weighted by Gasteiger charge is 2.21. The molecule has 0 heterocycles. The van der Waals surface area contributed by atoms with Gasteiger partial charge in [-0.15, -0.1) is 0 Å². The van der Waals surface area contributed by atoms with Gasteiger partial charge >= 0.3 is 5.97 Å². The number of nitrogens with two attached hydrogens (primary N) is 1. The minimum Gasteiger partial charge on any atom is -0.506 e. The predicted octanol–water partition coefficient (Wildman–Crippen LogP) is 4.45. The van der Waals surface area contributed by atoms with Crippen molar-refractivity contribution in [2.45, 2.75) is 18.9 Å². The molecule has 128 valence electrons. The quantitative estimate of drug-likeness (QED) is 0.449. The van der Waals surface area contributed by atoms with Crippen LogP contribution in [0.2, 0.25) is 10.0 Å². The smallest absolute Gasteiger partial charge is 0.320 e. The number of phenols is 1. The summed E-state index contributed by atoms with van der Waals surface area (Å²) in [5, 5.41) is 20.4. The second-order valence-electron chi connectivity index (χ2n) is 5.18. The van der Waals surface area contributed by atoms with Crippen molar-refractivity contribution in [2.75, 3.05) is 0 Å². The lowest BCUT2D eigenvalue weighted by Gasteiger charge is -2.17. The van der Waals surface area contributed by atoms with Crippen molar-refractivity contribution < 1.29 is 15.0 Å². The molecule has 4 nitrogen and oxygen atoms in total. The van der Waals surface area contributed by atoms with Crippen molar-refractivity contribution in [1.29, 1.82) is 0 Å². The number of phenolic OH excluding ortho intramolecular Hbond substituents is 1. The van der Waals surface area contributed by atoms with Crippen LogP contribution in [0.25, 0.3) is 0 Å². The highest BCUT2D eigenvalue weighted by Crippen LogP contribution is 2.36. The molecular formula is C16H13Cl2I2NO3. The highest BCUT2D eigenvalue weighted by atomic mass is 127. The molecule has 2 rings (SSSR count). The minimum atomic E-state index is -1.07. The lowest BCUT2D eigenvalue weighted by molar-refractivity contribution is -0.138. The highest BCUT2D eigenvalue weighted by molar-refractivity contribution is 14.1. The first-order valence-electron chi connectivity index (χ1n) is 6.82. The van der Waals surface area contributed by atoms with Crippen LogP contribution < -0.4 is 5.73 Å². The Kier molecular flexibility index (Phi) is 7.00. The fraction of sp³-hybridized carbons (Fsp3) is 0.188. The standard InChI is InChI=1S/C16H13Cl2I2NO3/c17-10-2-1-3-11(18)9(10)6-8-7(5-13(21)16(23)24)4-12(19)15(22)14(8)20/h1-4,13,22H,5-6,21H2,(H,23,24)/t13-/m0/s1. The van der Waals surface area contributed by atoms with Gasteiger partial charge in [-0.3, -0.25) is 4.79 Å². The molecule has 1 atom stereocenters. The summed E-state index contributed by atoms with van der Waals surface area (Å²) in [5.41, 5.74) is 7.95. The Morgan fingerprint density at radius 2 is 1.79 bits per heavy atom. The maximum atomic E-state index is 11.1. The molecule has 0 amide bonds. The molecule has 0 saturated carbocycles. The van der Waals surface area contributed by atoms with Crippen molar-refractivity contribution in [3.05, 3.63) is 58.1 Å². The fourth-order valence-corrected chi connectivity index (χ4v) is 4.79. The number of aliphatic carboxylic acids is 1. The van der Waals surface area contributed by atoms with Gasteiger partial charge in [-0.1, -0.05) is 29.3 Å². The molecule has 0 spiro atoms. The molecule has 0 aliphatic carbocycles. The average Bonchev–Trinajstić information content (AvgIpc) is 2.51. The Labute approximate surface area is 176 Å². The largest absolute Gasteiger partial charge is 0.506 e. The third-order valence-electron chi connectivity index (χ3n) is 3.56. The van der Waals surface area contributed by atoms with Crippen LogP contribution in [0.4, 0.5) is 0 Å². The third-order valence-corrected chi connectivity index (χ3v) is 6.25. The van der Waals surface area contributed by atoms with Crippen molar-refractivity contribution in [1.82, 2.24) is 0 Å². The Balaban J connectivity index is 2.55. The van der Waals surface area contributed by atoms with E-state index < -0.39 is 12.0 Å². The number of aromatic hydroxyl groups is 1. The van der Waals surface area contributed by atoms with E-state index in [0.29, 0.717) is 23.6 Å². The van der Waals surface area contributed by atoms with E-state index >= 15 is 0 Å². The Hall–Kier alpha value is -0.290. The molecule has 2 aromatic carbocycles. The van der Waals surface area contributed by atoms with Gasteiger partial charge in [0.05, 0.1) is 7.14 Å². The van der Waals surface area contributed by atoms with Crippen LogP contribution in [-0.2, 0) is 17.6 Å². The predicted molar refractivity (Wildman–Crippen MR) is 112 cm³/mol. The van der Waals surface area contributed by atoms with Crippen molar-refractivity contribution in [3.63, 3.8) is 0 Å². The summed E-state index contributed by atoms with van der Waals surface area (Å²) in [7, 11) is 0. The number of carboxylic acids is 1. The summed E-state index contributed by atoms with van der Waals surface area (Å²) in [5.74, 6) is -0.920. The van der Waals surface area contributed by atoms with Crippen LogP contribution in [0.1, 0.15) is 16.7 Å². The summed E-state index contributed by atoms with van der Waals surface area (Å²) in [6.07, 6.45) is 0.530. The molecule has 0 saturated heterocycles. The molecule has 0 aromatic heterocycles. The molecule has 24 heavy (non-hydrogen) atoms. The van der Waals surface area contributed by atoms with Gasteiger partial charge in [0.2, 0.25) is 0 Å². The Bertz CT molecular complexity index is 779. The van der Waals surface area contributed by atoms with Gasteiger partial charge in [0.1, 0.15) is 11.8 Å². The maximum Gasteiger partial charge on any atom is 0.320 e. The Morgan fingerprint density at radius 1 is 1.21 bits per heavy atom. The lowest BCUT2D eigenvalue weighted by Crippen LogP contribution is -2.32. The molecule has 0 aliphatic heterocycles. The van der Waals surface area contributed by atoms with E-state index in [0.717, 1.165) is 16.7 Å². The molecule has 0 bridgehead atoms. The number of carboxylic acid groups (broad SMARTS) is 1. The zero-order valence-electron chi connectivity index (χ0n) is 12.2. The minimum absolute atomic E-state index is 0.152. The van der Waals surface area contributed by atoms with Crippen LogP contribution in [0.15, 0.2) is 24.3 Å². The van der Waals surface area contributed by atoms with E-state index in [2.05, 4.69) is 0 Å². The summed E-state index contributed by atoms with van der Waals surface area (Å²) >= 11 is 16.5. The summed E-state index contributed by atoms with van der Waals surface area (Å²) in [6, 6.07) is 5.96. The molecule has 0 fully saturated rings. The normalized spacial score (nSPS) is 12.2. The number of rotatable bonds is 5. The van der Waals surface area contributed by atoms with E-state index in [9.17, 15) is 9.90 Å². The van der Waals surface area contributed by atoms with Crippen LogP contribution in [0.3, 0.4) is 0 Å². The van der Waals surface area contributed by atoms with E-state index in [1.54, 1.807) is 24.3 Å². The zero-order chi connectivity index (χ0) is 18.0. The molecule has 8 heteroatoms. The van der Waals surface area contributed by atoms with Gasteiger partial charge < -0.3 is 15.9 Å². The second kappa shape index (κ2) is 8.39. The van der Waals surface area contributed by atoms with E-state index in [1.807, 2.05) is 45.2 Å². The number of halogens is 4. The maximum absolute atomic E-state index is 11.1. The number of hydrogen-bond donors (Lipinski definition) is 3. The molecular weight excluding hydrogens is 579 g/mol. The SMILES string of the molecule is N[C@@H](Cc1cc(I)c(O)c(I)c1Cc1c(Cl)cccc1Cl)C(=O)O. The summed E-state index contributed by atoms with van der Waals surface area (Å²) in [4.78, 5) is 11.1. The van der Waals surface area contributed by atoms with E-state index in [4.69, 9.17) is 34.0 Å². The van der Waals surface area contributed by atoms with Crippen LogP contribution in [0.5, 0.6) is 5.75 Å². The lowest BCUT2D eigenvalue weighted by atomic mass is 9.95. The number of hydrogen-bond acceptors (Lipinski definition) is 3. The van der Waals surface area contributed by atoms with Gasteiger partial charge in [-0.05, 0) is 86.5 Å². The molecule has 2 aromatic rings. The van der Waals surface area contributed by atoms with E-state index in [1.165, 1.54) is 0 Å². The van der Waals surface area contributed by atoms with Crippen molar-refractivity contribution in [2.24, 2.45) is 5.73 Å². The zero-order valence-corrected chi connectivity index (χ0v) is 18.0. The van der Waals surface area contributed by atoms with Gasteiger partial charge in [-0.25, -0.2) is 0 Å². The molecule has 0 unspecified atom stereocenters. The number of carbonyl (C=O) groups is 1. The molecule has 0 aliphatic rings. The molecule has 4 N–H and O–H groups in total. The van der Waals surface area contributed by atoms with Gasteiger partial charge in [0, 0.05) is 16.5 Å². The van der Waals surface area contributed by atoms with Gasteiger partial charge in [0.25, 0.3) is 0 Å². The molecule has 0 radical (unpaired) electrons. The first kappa shape index (κ1) is 20.0. The second-order valence-corrected chi connectivity index (χ2v) is 8.24. The van der Waals surface area contributed by atoms with Crippen LogP contribution >= 0.6 is 68.4 Å². The van der Waals surface area contributed by atoms with Crippen molar-refractivity contribution >= 4 is 74.4 Å². The fourth-order valence-electron chi connectivity index (χ4n) is 2.27. The van der Waals surface area contributed by atoms with Gasteiger partial charge in [0.15, 0.2) is 0 Å². The Morgan fingerprint density at radius 3 is 2.33 bits per heavy atom. The topological polar surface area (TPSA) is 83.5 Å². The number of benzene rings is 2. The third kappa shape index (κ3) is 4.46.